The van der Waals surface area contributed by atoms with Gasteiger partial charge in [-0.1, -0.05) is 18.2 Å². The van der Waals surface area contributed by atoms with Gasteiger partial charge in [0.25, 0.3) is 5.69 Å². The van der Waals surface area contributed by atoms with Crippen molar-refractivity contribution >= 4 is 33.5 Å². The summed E-state index contributed by atoms with van der Waals surface area (Å²) < 4.78 is 0. The largest absolute Gasteiger partial charge is 0.478 e. The van der Waals surface area contributed by atoms with Gasteiger partial charge < -0.3 is 5.11 Å². The quantitative estimate of drug-likeness (QED) is 0.438. The van der Waals surface area contributed by atoms with Crippen molar-refractivity contribution in [3.8, 4) is 0 Å². The van der Waals surface area contributed by atoms with Crippen LogP contribution in [0.3, 0.4) is 0 Å². The molecule has 0 radical (unpaired) electrons. The summed E-state index contributed by atoms with van der Waals surface area (Å²) in [6, 6.07) is 10.9. The van der Waals surface area contributed by atoms with Crippen LogP contribution in [-0.2, 0) is 0 Å². The first-order chi connectivity index (χ1) is 9.58. The lowest BCUT2D eigenvalue weighted by Gasteiger charge is -2.04. The van der Waals surface area contributed by atoms with Crippen LogP contribution in [0.4, 0.5) is 5.69 Å². The van der Waals surface area contributed by atoms with Gasteiger partial charge in [-0.25, -0.2) is 9.78 Å². The van der Waals surface area contributed by atoms with Crippen molar-refractivity contribution in [2.45, 2.75) is 0 Å². The molecule has 0 spiro atoms. The second-order valence-corrected chi connectivity index (χ2v) is 4.27. The number of carboxylic acids is 1. The number of hydrogen-bond acceptors (Lipinski definition) is 4. The number of nitro groups is 1. The van der Waals surface area contributed by atoms with Crippen LogP contribution in [0.1, 0.15) is 10.4 Å². The number of aromatic nitrogens is 1. The third-order valence-electron chi connectivity index (χ3n) is 3.09. The van der Waals surface area contributed by atoms with Crippen LogP contribution in [0.5, 0.6) is 0 Å². The normalized spacial score (nSPS) is 10.8. The Morgan fingerprint density at radius 2 is 1.95 bits per heavy atom. The van der Waals surface area contributed by atoms with Crippen LogP contribution in [0.25, 0.3) is 21.8 Å². The summed E-state index contributed by atoms with van der Waals surface area (Å²) in [5.41, 5.74) is 0.716. The van der Waals surface area contributed by atoms with Gasteiger partial charge in [-0.15, -0.1) is 0 Å². The molecule has 98 valence electrons. The van der Waals surface area contributed by atoms with Crippen molar-refractivity contribution in [2.75, 3.05) is 0 Å². The maximum atomic E-state index is 11.2. The highest BCUT2D eigenvalue weighted by atomic mass is 16.6. The number of hydrogen-bond donors (Lipinski definition) is 1. The number of carboxylic acid groups (broad SMARTS) is 1. The lowest BCUT2D eigenvalue weighted by molar-refractivity contribution is -0.383. The fourth-order valence-corrected chi connectivity index (χ4v) is 2.20. The van der Waals surface area contributed by atoms with Gasteiger partial charge in [0, 0.05) is 16.8 Å². The highest BCUT2D eigenvalue weighted by Gasteiger charge is 2.15. The Labute approximate surface area is 112 Å². The van der Waals surface area contributed by atoms with Gasteiger partial charge in [0.2, 0.25) is 0 Å². The van der Waals surface area contributed by atoms with E-state index in [-0.39, 0.29) is 16.8 Å². The average Bonchev–Trinajstić information content (AvgIpc) is 2.43. The second kappa shape index (κ2) is 4.27. The first-order valence-corrected chi connectivity index (χ1v) is 5.78. The van der Waals surface area contributed by atoms with Gasteiger partial charge in [0.1, 0.15) is 5.52 Å². The number of rotatable bonds is 2. The summed E-state index contributed by atoms with van der Waals surface area (Å²) in [5, 5.41) is 21.2. The topological polar surface area (TPSA) is 93.3 Å². The third-order valence-corrected chi connectivity index (χ3v) is 3.09. The van der Waals surface area contributed by atoms with Crippen molar-refractivity contribution in [2.24, 2.45) is 0 Å². The monoisotopic (exact) mass is 268 g/mol. The molecule has 0 amide bonds. The first kappa shape index (κ1) is 12.0. The van der Waals surface area contributed by atoms with E-state index in [9.17, 15) is 14.9 Å². The molecule has 3 rings (SSSR count). The van der Waals surface area contributed by atoms with E-state index in [1.807, 2.05) is 0 Å². The Morgan fingerprint density at radius 3 is 2.65 bits per heavy atom. The van der Waals surface area contributed by atoms with Gasteiger partial charge in [-0.3, -0.25) is 10.1 Å². The molecular formula is C14H8N2O4. The predicted molar refractivity (Wildman–Crippen MR) is 72.9 cm³/mol. The van der Waals surface area contributed by atoms with E-state index < -0.39 is 10.9 Å². The standard InChI is InChI=1S/C14H8N2O4/c17-14(18)9-4-2-5-11-10(9)7-8-3-1-6-12(16(19)20)13(8)15-11/h1-7H,(H,17,18). The van der Waals surface area contributed by atoms with E-state index in [1.165, 1.54) is 12.1 Å². The summed E-state index contributed by atoms with van der Waals surface area (Å²) in [5.74, 6) is -1.05. The smallest absolute Gasteiger partial charge is 0.336 e. The number of para-hydroxylation sites is 1. The minimum absolute atomic E-state index is 0.0925. The highest BCUT2D eigenvalue weighted by molar-refractivity contribution is 6.06. The lowest BCUT2D eigenvalue weighted by atomic mass is 10.1. The molecular weight excluding hydrogens is 260 g/mol. The first-order valence-electron chi connectivity index (χ1n) is 5.78. The number of non-ortho nitro benzene ring substituents is 1. The molecule has 1 N–H and O–H groups in total. The number of fused-ring (bicyclic) bond motifs is 2. The molecule has 6 heteroatoms. The molecule has 0 aliphatic heterocycles. The maximum absolute atomic E-state index is 11.2. The maximum Gasteiger partial charge on any atom is 0.336 e. The van der Waals surface area contributed by atoms with Gasteiger partial charge in [-0.2, -0.15) is 0 Å². The molecule has 3 aromatic rings. The predicted octanol–water partition coefficient (Wildman–Crippen LogP) is 2.99. The lowest BCUT2D eigenvalue weighted by Crippen LogP contribution is -1.98. The number of benzene rings is 2. The SMILES string of the molecule is O=C(O)c1cccc2nc3c([N+](=O)[O-])cccc3cc12. The van der Waals surface area contributed by atoms with Crippen LogP contribution >= 0.6 is 0 Å². The van der Waals surface area contributed by atoms with E-state index in [1.54, 1.807) is 30.3 Å². The molecule has 0 fully saturated rings. The minimum Gasteiger partial charge on any atom is -0.478 e. The zero-order valence-corrected chi connectivity index (χ0v) is 10.1. The molecule has 0 unspecified atom stereocenters. The third kappa shape index (κ3) is 1.74. The molecule has 1 heterocycles. The fourth-order valence-electron chi connectivity index (χ4n) is 2.20. The van der Waals surface area contributed by atoms with Crippen LogP contribution in [0.2, 0.25) is 0 Å². The molecule has 2 aromatic carbocycles. The zero-order chi connectivity index (χ0) is 14.3. The van der Waals surface area contributed by atoms with Gasteiger partial charge >= 0.3 is 5.97 Å². The number of pyridine rings is 1. The number of nitro benzene ring substituents is 1. The van der Waals surface area contributed by atoms with Crippen LogP contribution in [0, 0.1) is 10.1 Å². The molecule has 0 saturated carbocycles. The van der Waals surface area contributed by atoms with E-state index >= 15 is 0 Å². The summed E-state index contributed by atoms with van der Waals surface area (Å²) >= 11 is 0. The Hall–Kier alpha value is -3.02. The molecule has 6 nitrogen and oxygen atoms in total. The van der Waals surface area contributed by atoms with Crippen molar-refractivity contribution in [1.29, 1.82) is 0 Å². The summed E-state index contributed by atoms with van der Waals surface area (Å²) in [6.07, 6.45) is 0. The fraction of sp³-hybridized carbons (Fsp3) is 0. The molecule has 20 heavy (non-hydrogen) atoms. The molecule has 0 bridgehead atoms. The minimum atomic E-state index is -1.05. The molecule has 1 aromatic heterocycles. The Bertz CT molecular complexity index is 800. The van der Waals surface area contributed by atoms with E-state index in [0.717, 1.165) is 0 Å². The van der Waals surface area contributed by atoms with Crippen molar-refractivity contribution in [3.05, 3.63) is 58.1 Å². The average molecular weight is 268 g/mol. The van der Waals surface area contributed by atoms with Gasteiger partial charge in [0.05, 0.1) is 16.0 Å². The number of aromatic carboxylic acids is 1. The molecule has 0 saturated heterocycles. The summed E-state index contributed by atoms with van der Waals surface area (Å²) in [6.45, 7) is 0. The van der Waals surface area contributed by atoms with Crippen LogP contribution in [-0.4, -0.2) is 21.0 Å². The molecule has 0 aliphatic carbocycles. The van der Waals surface area contributed by atoms with E-state index in [4.69, 9.17) is 5.11 Å². The van der Waals surface area contributed by atoms with Crippen molar-refractivity contribution in [1.82, 2.24) is 4.98 Å². The molecule has 0 aliphatic rings. The van der Waals surface area contributed by atoms with Crippen LogP contribution < -0.4 is 0 Å². The van der Waals surface area contributed by atoms with Crippen molar-refractivity contribution < 1.29 is 14.8 Å². The zero-order valence-electron chi connectivity index (χ0n) is 10.1. The Morgan fingerprint density at radius 1 is 1.20 bits per heavy atom. The summed E-state index contributed by atoms with van der Waals surface area (Å²) in [7, 11) is 0. The number of carbonyl (C=O) groups is 1. The van der Waals surface area contributed by atoms with Crippen LogP contribution in [0.15, 0.2) is 42.5 Å². The van der Waals surface area contributed by atoms with E-state index in [0.29, 0.717) is 16.3 Å². The summed E-state index contributed by atoms with van der Waals surface area (Å²) in [4.78, 5) is 25.9. The van der Waals surface area contributed by atoms with Gasteiger partial charge in [-0.05, 0) is 18.2 Å². The number of nitrogens with zero attached hydrogens (tertiary/aromatic N) is 2. The molecule has 0 atom stereocenters. The Balaban J connectivity index is 2.46. The highest BCUT2D eigenvalue weighted by Crippen LogP contribution is 2.28. The Kier molecular flexibility index (Phi) is 2.57. The second-order valence-electron chi connectivity index (χ2n) is 4.27. The van der Waals surface area contributed by atoms with Crippen molar-refractivity contribution in [3.63, 3.8) is 0 Å². The van der Waals surface area contributed by atoms with E-state index in [2.05, 4.69) is 4.98 Å². The van der Waals surface area contributed by atoms with Gasteiger partial charge in [0.15, 0.2) is 0 Å².